The molecule has 34 heavy (non-hydrogen) atoms. The van der Waals surface area contributed by atoms with Crippen molar-refractivity contribution in [3.05, 3.63) is 77.4 Å². The lowest BCUT2D eigenvalue weighted by Crippen LogP contribution is -2.53. The molecule has 0 saturated carbocycles. The SMILES string of the molecule is Cc1ccc(COc2ccc(C(=O)NCC(C(=O)NO)N3CCCCC3)cc2)c2ccccc12. The molecule has 7 heteroatoms. The van der Waals surface area contributed by atoms with Crippen LogP contribution in [0.25, 0.3) is 10.8 Å². The normalized spacial score (nSPS) is 15.0. The molecule has 1 heterocycles. The van der Waals surface area contributed by atoms with Crippen molar-refractivity contribution in [2.45, 2.75) is 38.8 Å². The van der Waals surface area contributed by atoms with Crippen LogP contribution in [0.1, 0.15) is 40.7 Å². The summed E-state index contributed by atoms with van der Waals surface area (Å²) in [6, 6.07) is 18.8. The third kappa shape index (κ3) is 5.55. The molecule has 0 radical (unpaired) electrons. The Kier molecular flexibility index (Phi) is 7.77. The van der Waals surface area contributed by atoms with Gasteiger partial charge in [-0.2, -0.15) is 0 Å². The van der Waals surface area contributed by atoms with E-state index >= 15 is 0 Å². The minimum absolute atomic E-state index is 0.129. The summed E-state index contributed by atoms with van der Waals surface area (Å²) in [5.74, 6) is -0.106. The maximum absolute atomic E-state index is 12.6. The number of piperidine rings is 1. The molecule has 0 aliphatic carbocycles. The van der Waals surface area contributed by atoms with E-state index in [0.717, 1.165) is 37.9 Å². The van der Waals surface area contributed by atoms with Crippen LogP contribution in [0.5, 0.6) is 5.75 Å². The standard InChI is InChI=1S/C27H31N3O4/c1-19-9-10-21(24-8-4-3-7-23(19)24)18-34-22-13-11-20(12-14-22)26(31)28-17-25(27(32)29-33)30-15-5-2-6-16-30/h3-4,7-14,25,33H,2,5-6,15-18H2,1H3,(H,28,31)(H,29,32). The lowest BCUT2D eigenvalue weighted by molar-refractivity contribution is -0.135. The Balaban J connectivity index is 1.35. The zero-order valence-corrected chi connectivity index (χ0v) is 19.4. The number of ether oxygens (including phenoxy) is 1. The number of hydrogen-bond acceptors (Lipinski definition) is 5. The van der Waals surface area contributed by atoms with Gasteiger partial charge < -0.3 is 10.1 Å². The summed E-state index contributed by atoms with van der Waals surface area (Å²) in [5, 5.41) is 14.3. The zero-order valence-electron chi connectivity index (χ0n) is 19.4. The fourth-order valence-corrected chi connectivity index (χ4v) is 4.49. The van der Waals surface area contributed by atoms with E-state index in [0.29, 0.717) is 17.9 Å². The van der Waals surface area contributed by atoms with E-state index in [1.807, 2.05) is 17.0 Å². The predicted octanol–water partition coefficient (Wildman–Crippen LogP) is 3.82. The van der Waals surface area contributed by atoms with E-state index in [9.17, 15) is 9.59 Å². The van der Waals surface area contributed by atoms with E-state index < -0.39 is 11.9 Å². The van der Waals surface area contributed by atoms with Gasteiger partial charge >= 0.3 is 0 Å². The van der Waals surface area contributed by atoms with Crippen molar-refractivity contribution >= 4 is 22.6 Å². The van der Waals surface area contributed by atoms with Gasteiger partial charge in [-0.1, -0.05) is 42.8 Å². The van der Waals surface area contributed by atoms with Crippen LogP contribution in [0.15, 0.2) is 60.7 Å². The number of fused-ring (bicyclic) bond motifs is 1. The molecule has 178 valence electrons. The number of aryl methyl sites for hydroxylation is 1. The first-order valence-electron chi connectivity index (χ1n) is 11.7. The molecule has 1 unspecified atom stereocenters. The number of hydrogen-bond donors (Lipinski definition) is 3. The molecule has 0 spiro atoms. The van der Waals surface area contributed by atoms with E-state index in [2.05, 4.69) is 36.5 Å². The summed E-state index contributed by atoms with van der Waals surface area (Å²) < 4.78 is 5.98. The highest BCUT2D eigenvalue weighted by atomic mass is 16.5. The van der Waals surface area contributed by atoms with Crippen molar-refractivity contribution < 1.29 is 19.5 Å². The first-order chi connectivity index (χ1) is 16.6. The van der Waals surface area contributed by atoms with Crippen LogP contribution in [0.3, 0.4) is 0 Å². The molecule has 3 aromatic carbocycles. The number of benzene rings is 3. The summed E-state index contributed by atoms with van der Waals surface area (Å²) in [5.41, 5.74) is 4.54. The Bertz CT molecular complexity index is 1140. The molecule has 0 bridgehead atoms. The fourth-order valence-electron chi connectivity index (χ4n) is 4.49. The number of rotatable bonds is 8. The van der Waals surface area contributed by atoms with Gasteiger partial charge in [-0.3, -0.25) is 19.7 Å². The van der Waals surface area contributed by atoms with Gasteiger partial charge in [0.15, 0.2) is 0 Å². The lowest BCUT2D eigenvalue weighted by Gasteiger charge is -2.33. The second kappa shape index (κ2) is 11.1. The number of hydroxylamine groups is 1. The van der Waals surface area contributed by atoms with E-state index in [-0.39, 0.29) is 12.5 Å². The second-order valence-corrected chi connectivity index (χ2v) is 8.70. The average Bonchev–Trinajstić information content (AvgIpc) is 2.89. The third-order valence-electron chi connectivity index (χ3n) is 6.44. The number of likely N-dealkylation sites (tertiary alicyclic amines) is 1. The summed E-state index contributed by atoms with van der Waals surface area (Å²) in [4.78, 5) is 26.8. The molecule has 1 saturated heterocycles. The first kappa shape index (κ1) is 23.7. The predicted molar refractivity (Wildman–Crippen MR) is 131 cm³/mol. The highest BCUT2D eigenvalue weighted by Crippen LogP contribution is 2.24. The zero-order chi connectivity index (χ0) is 23.9. The van der Waals surface area contributed by atoms with Crippen LogP contribution < -0.4 is 15.5 Å². The Morgan fingerprint density at radius 3 is 2.38 bits per heavy atom. The van der Waals surface area contributed by atoms with Gasteiger partial charge in [0.25, 0.3) is 11.8 Å². The molecular formula is C27H31N3O4. The Labute approximate surface area is 199 Å². The van der Waals surface area contributed by atoms with E-state index in [1.54, 1.807) is 29.7 Å². The molecule has 3 N–H and O–H groups in total. The minimum atomic E-state index is -0.596. The molecule has 2 amide bonds. The fraction of sp³-hybridized carbons (Fsp3) is 0.333. The van der Waals surface area contributed by atoms with Gasteiger partial charge in [0, 0.05) is 12.1 Å². The molecular weight excluding hydrogens is 430 g/mol. The highest BCUT2D eigenvalue weighted by molar-refractivity contribution is 5.94. The van der Waals surface area contributed by atoms with Gasteiger partial charge in [0.2, 0.25) is 0 Å². The topological polar surface area (TPSA) is 90.9 Å². The smallest absolute Gasteiger partial charge is 0.262 e. The molecule has 1 atom stereocenters. The summed E-state index contributed by atoms with van der Waals surface area (Å²) in [6.07, 6.45) is 3.14. The maximum Gasteiger partial charge on any atom is 0.262 e. The number of nitrogens with one attached hydrogen (secondary N) is 2. The van der Waals surface area contributed by atoms with Crippen LogP contribution in [-0.2, 0) is 11.4 Å². The molecule has 4 rings (SSSR count). The van der Waals surface area contributed by atoms with Crippen molar-refractivity contribution in [2.75, 3.05) is 19.6 Å². The van der Waals surface area contributed by atoms with E-state index in [4.69, 9.17) is 9.94 Å². The van der Waals surface area contributed by atoms with Crippen LogP contribution in [0.4, 0.5) is 0 Å². The number of amides is 2. The molecule has 3 aromatic rings. The van der Waals surface area contributed by atoms with Gasteiger partial charge in [-0.15, -0.1) is 0 Å². The van der Waals surface area contributed by atoms with Crippen molar-refractivity contribution in [3.63, 3.8) is 0 Å². The van der Waals surface area contributed by atoms with Crippen molar-refractivity contribution in [1.29, 1.82) is 0 Å². The maximum atomic E-state index is 12.6. The first-order valence-corrected chi connectivity index (χ1v) is 11.7. The highest BCUT2D eigenvalue weighted by Gasteiger charge is 2.27. The summed E-state index contributed by atoms with van der Waals surface area (Å²) in [6.45, 7) is 4.21. The largest absolute Gasteiger partial charge is 0.489 e. The molecule has 0 aromatic heterocycles. The van der Waals surface area contributed by atoms with Crippen LogP contribution in [-0.4, -0.2) is 47.6 Å². The second-order valence-electron chi connectivity index (χ2n) is 8.70. The number of carbonyl (C=O) groups excluding carboxylic acids is 2. The van der Waals surface area contributed by atoms with Gasteiger partial charge in [-0.05, 0) is 79.0 Å². The van der Waals surface area contributed by atoms with Crippen LogP contribution in [0.2, 0.25) is 0 Å². The van der Waals surface area contributed by atoms with Crippen molar-refractivity contribution in [1.82, 2.24) is 15.7 Å². The Morgan fingerprint density at radius 2 is 1.68 bits per heavy atom. The Hall–Kier alpha value is -3.42. The average molecular weight is 462 g/mol. The van der Waals surface area contributed by atoms with Gasteiger partial charge in [0.05, 0.1) is 0 Å². The monoisotopic (exact) mass is 461 g/mol. The third-order valence-corrected chi connectivity index (χ3v) is 6.44. The van der Waals surface area contributed by atoms with Crippen LogP contribution >= 0.6 is 0 Å². The quantitative estimate of drug-likeness (QED) is 0.351. The van der Waals surface area contributed by atoms with Gasteiger partial charge in [-0.25, -0.2) is 5.48 Å². The molecule has 7 nitrogen and oxygen atoms in total. The Morgan fingerprint density at radius 1 is 0.971 bits per heavy atom. The van der Waals surface area contributed by atoms with E-state index in [1.165, 1.54) is 16.3 Å². The molecule has 1 fully saturated rings. The summed E-state index contributed by atoms with van der Waals surface area (Å²) in [7, 11) is 0. The van der Waals surface area contributed by atoms with Crippen molar-refractivity contribution in [2.24, 2.45) is 0 Å². The summed E-state index contributed by atoms with van der Waals surface area (Å²) >= 11 is 0. The molecule has 1 aliphatic heterocycles. The van der Waals surface area contributed by atoms with Gasteiger partial charge in [0.1, 0.15) is 18.4 Å². The minimum Gasteiger partial charge on any atom is -0.489 e. The van der Waals surface area contributed by atoms with Crippen LogP contribution in [0, 0.1) is 6.92 Å². The number of carbonyl (C=O) groups is 2. The lowest BCUT2D eigenvalue weighted by atomic mass is 10.0. The number of nitrogens with zero attached hydrogens (tertiary/aromatic N) is 1. The molecule has 1 aliphatic rings. The van der Waals surface area contributed by atoms with Crippen molar-refractivity contribution in [3.8, 4) is 5.75 Å².